The minimum Gasteiger partial charge on any atom is -0.459 e. The Morgan fingerprint density at radius 3 is 2.43 bits per heavy atom. The van der Waals surface area contributed by atoms with Crippen molar-refractivity contribution in [3.05, 3.63) is 46.3 Å². The number of aromatic nitrogens is 3. The van der Waals surface area contributed by atoms with E-state index in [9.17, 15) is 39.6 Å². The number of unbranched alkanes of at least 4 members (excludes halogenated alkanes) is 1. The van der Waals surface area contributed by atoms with Gasteiger partial charge in [-0.2, -0.15) is 0 Å². The first kappa shape index (κ1) is 45.6. The van der Waals surface area contributed by atoms with E-state index in [2.05, 4.69) is 30.2 Å². The number of esters is 4. The summed E-state index contributed by atoms with van der Waals surface area (Å²) >= 11 is 0. The Morgan fingerprint density at radius 2 is 1.71 bits per heavy atom. The van der Waals surface area contributed by atoms with Crippen LogP contribution < -0.4 is 0 Å². The molecule has 14 atom stereocenters. The molecule has 5 fully saturated rings. The summed E-state index contributed by atoms with van der Waals surface area (Å²) in [5.74, 6) is -2.32. The molecule has 15 nitrogen and oxygen atoms in total. The standard InChI is InChI=1S/C48H67N3O12/c1-9-26(2)41(55)60-35-23-34-39(27(35)3)40-48(59,46(8,57)42(56)62-40)37(24-45(34,7)63-28(4)52)61-38(54)12-10-11-21-51-25-36(49-50-51)47(58)20-17-33-31-14-13-29-22-30(53)15-18-43(29,5)32(31)16-19-44(33,47)6/h9,22,25,30-35,37,40,53,57-59H,10-21,23-24H2,1-8H3/b26-9-/t30?,31-,32+,33+,34+,35-,37+,40+,43+,44+,45+,46-,47-,48-/m1/s1. The van der Waals surface area contributed by atoms with Gasteiger partial charge in [0.25, 0.3) is 0 Å². The zero-order valence-corrected chi connectivity index (χ0v) is 38.1. The predicted molar refractivity (Wildman–Crippen MR) is 226 cm³/mol. The van der Waals surface area contributed by atoms with E-state index in [1.807, 2.05) is 6.20 Å². The van der Waals surface area contributed by atoms with Crippen LogP contribution in [0.15, 0.2) is 40.6 Å². The second-order valence-corrected chi connectivity index (χ2v) is 20.9. The Labute approximate surface area is 369 Å². The second kappa shape index (κ2) is 15.9. The number of hydrogen-bond donors (Lipinski definition) is 4. The minimum absolute atomic E-state index is 0.0749. The molecule has 4 N–H and O–H groups in total. The van der Waals surface area contributed by atoms with Gasteiger partial charge in [-0.25, -0.2) is 9.59 Å². The zero-order valence-electron chi connectivity index (χ0n) is 38.1. The molecule has 1 aromatic rings. The molecule has 2 heterocycles. The van der Waals surface area contributed by atoms with Crippen molar-refractivity contribution in [2.24, 2.45) is 34.5 Å². The topological polar surface area (TPSA) is 217 Å². The van der Waals surface area contributed by atoms with Crippen LogP contribution in [0.1, 0.15) is 145 Å². The maximum Gasteiger partial charge on any atom is 0.341 e. The number of carbonyl (C=O) groups excluding carboxylic acids is 4. The molecule has 1 aliphatic heterocycles. The van der Waals surface area contributed by atoms with Gasteiger partial charge >= 0.3 is 23.9 Å². The van der Waals surface area contributed by atoms with E-state index in [0.717, 1.165) is 51.9 Å². The molecule has 4 saturated carbocycles. The quantitative estimate of drug-likeness (QED) is 0.0780. The number of aryl methyl sites for hydroxylation is 1. The maximum atomic E-state index is 13.7. The lowest BCUT2D eigenvalue weighted by atomic mass is 9.46. The van der Waals surface area contributed by atoms with E-state index in [4.69, 9.17) is 18.9 Å². The molecule has 0 bridgehead atoms. The van der Waals surface area contributed by atoms with Gasteiger partial charge in [0.1, 0.15) is 29.1 Å². The Kier molecular flexibility index (Phi) is 11.5. The summed E-state index contributed by atoms with van der Waals surface area (Å²) in [4.78, 5) is 52.4. The molecule has 7 aliphatic rings. The molecule has 63 heavy (non-hydrogen) atoms. The van der Waals surface area contributed by atoms with Gasteiger partial charge in [0, 0.05) is 43.2 Å². The number of fused-ring (bicyclic) bond motifs is 8. The molecule has 1 aromatic heterocycles. The van der Waals surface area contributed by atoms with Gasteiger partial charge in [0.15, 0.2) is 17.3 Å². The molecule has 8 rings (SSSR count). The molecule has 1 saturated heterocycles. The number of rotatable bonds is 10. The number of nitrogens with zero attached hydrogens (tertiary/aromatic N) is 3. The average molecular weight is 878 g/mol. The normalized spacial score (nSPS) is 43.1. The first-order valence-corrected chi connectivity index (χ1v) is 23.2. The van der Waals surface area contributed by atoms with Crippen LogP contribution in [0, 0.1) is 34.5 Å². The molecule has 6 aliphatic carbocycles. The third-order valence-corrected chi connectivity index (χ3v) is 17.5. The summed E-state index contributed by atoms with van der Waals surface area (Å²) in [5.41, 5.74) is -4.61. The van der Waals surface area contributed by atoms with Gasteiger partial charge in [-0.15, -0.1) is 5.10 Å². The fourth-order valence-corrected chi connectivity index (χ4v) is 13.7. The number of aliphatic hydroxyl groups is 4. The molecule has 0 aromatic carbocycles. The van der Waals surface area contributed by atoms with Crippen LogP contribution in [-0.4, -0.2) is 101 Å². The lowest BCUT2D eigenvalue weighted by Crippen LogP contribution is -2.64. The maximum absolute atomic E-state index is 13.7. The summed E-state index contributed by atoms with van der Waals surface area (Å²) in [6.45, 7) is 14.1. The van der Waals surface area contributed by atoms with Crippen LogP contribution in [0.4, 0.5) is 0 Å². The molecule has 0 amide bonds. The van der Waals surface area contributed by atoms with Crippen LogP contribution in [0.2, 0.25) is 0 Å². The van der Waals surface area contributed by atoms with Crippen LogP contribution in [0.5, 0.6) is 0 Å². The number of ether oxygens (including phenoxy) is 4. The molecular weight excluding hydrogens is 811 g/mol. The van der Waals surface area contributed by atoms with E-state index in [1.165, 1.54) is 12.5 Å². The van der Waals surface area contributed by atoms with E-state index in [0.29, 0.717) is 66.0 Å². The highest BCUT2D eigenvalue weighted by atomic mass is 16.6. The lowest BCUT2D eigenvalue weighted by molar-refractivity contribution is -0.210. The third kappa shape index (κ3) is 7.04. The van der Waals surface area contributed by atoms with Gasteiger partial charge in [-0.05, 0) is 140 Å². The van der Waals surface area contributed by atoms with E-state index < -0.39 is 70.5 Å². The van der Waals surface area contributed by atoms with Crippen molar-refractivity contribution < 1.29 is 58.6 Å². The largest absolute Gasteiger partial charge is 0.459 e. The van der Waals surface area contributed by atoms with Crippen molar-refractivity contribution in [2.75, 3.05) is 0 Å². The number of hydrogen-bond acceptors (Lipinski definition) is 14. The number of carbonyl (C=O) groups is 4. The fraction of sp³-hybridized carbons (Fsp3) is 0.750. The van der Waals surface area contributed by atoms with Crippen molar-refractivity contribution in [3.8, 4) is 0 Å². The Hall–Kier alpha value is -3.92. The molecule has 0 spiro atoms. The summed E-state index contributed by atoms with van der Waals surface area (Å²) in [5, 5.41) is 56.0. The monoisotopic (exact) mass is 877 g/mol. The van der Waals surface area contributed by atoms with Gasteiger partial charge in [0.2, 0.25) is 0 Å². The fourth-order valence-electron chi connectivity index (χ4n) is 13.7. The van der Waals surface area contributed by atoms with Crippen molar-refractivity contribution in [1.82, 2.24) is 15.0 Å². The Bertz CT molecular complexity index is 2140. The van der Waals surface area contributed by atoms with Crippen LogP contribution >= 0.6 is 0 Å². The highest BCUT2D eigenvalue weighted by Crippen LogP contribution is 2.69. The van der Waals surface area contributed by atoms with E-state index in [-0.39, 0.29) is 36.2 Å². The number of aliphatic hydroxyl groups excluding tert-OH is 1. The van der Waals surface area contributed by atoms with Crippen molar-refractivity contribution >= 4 is 23.9 Å². The third-order valence-electron chi connectivity index (χ3n) is 17.5. The first-order chi connectivity index (χ1) is 29.5. The summed E-state index contributed by atoms with van der Waals surface area (Å²) in [6, 6.07) is 0. The average Bonchev–Trinajstić information content (AvgIpc) is 3.94. The molecular formula is C48H67N3O12. The van der Waals surface area contributed by atoms with Gasteiger partial charge in [-0.1, -0.05) is 36.8 Å². The van der Waals surface area contributed by atoms with Crippen LogP contribution in [0.25, 0.3) is 0 Å². The lowest BCUT2D eigenvalue weighted by Gasteiger charge is -2.59. The van der Waals surface area contributed by atoms with E-state index >= 15 is 0 Å². The number of allylic oxidation sites excluding steroid dienone is 2. The Morgan fingerprint density at radius 1 is 0.984 bits per heavy atom. The van der Waals surface area contributed by atoms with Crippen molar-refractivity contribution in [2.45, 2.75) is 192 Å². The van der Waals surface area contributed by atoms with Gasteiger partial charge in [0.05, 0.1) is 12.3 Å². The Balaban J connectivity index is 0.936. The highest BCUT2D eigenvalue weighted by molar-refractivity contribution is 5.88. The minimum atomic E-state index is -2.53. The smallest absolute Gasteiger partial charge is 0.341 e. The van der Waals surface area contributed by atoms with E-state index in [1.54, 1.807) is 38.5 Å². The second-order valence-electron chi connectivity index (χ2n) is 20.9. The molecule has 1 unspecified atom stereocenters. The molecule has 15 heteroatoms. The van der Waals surface area contributed by atoms with Crippen molar-refractivity contribution in [1.29, 1.82) is 0 Å². The van der Waals surface area contributed by atoms with Gasteiger partial charge in [-0.3, -0.25) is 14.3 Å². The summed E-state index contributed by atoms with van der Waals surface area (Å²) in [7, 11) is 0. The molecule has 0 radical (unpaired) electrons. The van der Waals surface area contributed by atoms with Crippen LogP contribution in [0.3, 0.4) is 0 Å². The summed E-state index contributed by atoms with van der Waals surface area (Å²) < 4.78 is 25.2. The van der Waals surface area contributed by atoms with Gasteiger partial charge < -0.3 is 39.4 Å². The zero-order chi connectivity index (χ0) is 45.7. The van der Waals surface area contributed by atoms with Crippen LogP contribution in [-0.2, 0) is 50.3 Å². The van der Waals surface area contributed by atoms with Crippen molar-refractivity contribution in [3.63, 3.8) is 0 Å². The molecule has 346 valence electrons. The SMILES string of the molecule is C/C=C(/C)C(=O)O[C@@H]1C[C@H]2C(=C1C)[C@@H]1OC(=O)[C@@](C)(O)[C@@]1(O)[C@@H](OC(=O)CCCCn1cc([C@]3(O)CC[C@H]4[C@@H]5CCC6=CC(O)CC[C@]6(C)[C@H]5CC[C@@]43C)nn1)C[C@]2(C)OC(C)=O. The first-order valence-electron chi connectivity index (χ1n) is 23.2. The predicted octanol–water partition coefficient (Wildman–Crippen LogP) is 5.22. The highest BCUT2D eigenvalue weighted by Gasteiger charge is 2.75. The summed E-state index contributed by atoms with van der Waals surface area (Å²) in [6.07, 6.45) is 9.38.